The van der Waals surface area contributed by atoms with Gasteiger partial charge in [-0.15, -0.1) is 23.4 Å². The van der Waals surface area contributed by atoms with Crippen molar-refractivity contribution >= 4 is 35.4 Å². The van der Waals surface area contributed by atoms with E-state index in [0.717, 1.165) is 11.8 Å². The van der Waals surface area contributed by atoms with E-state index in [-0.39, 0.29) is 37.0 Å². The molecule has 1 aromatic rings. The molecule has 1 unspecified atom stereocenters. The highest BCUT2D eigenvalue weighted by Crippen LogP contribution is 2.31. The van der Waals surface area contributed by atoms with Gasteiger partial charge in [0, 0.05) is 6.54 Å². The summed E-state index contributed by atoms with van der Waals surface area (Å²) in [5, 5.41) is 33.3. The van der Waals surface area contributed by atoms with Gasteiger partial charge in [-0.3, -0.25) is 14.1 Å². The lowest BCUT2D eigenvalue weighted by molar-refractivity contribution is -0.205. The molecule has 4 N–H and O–H groups in total. The smallest absolute Gasteiger partial charge is 0.441 e. The van der Waals surface area contributed by atoms with Crippen molar-refractivity contribution in [3.63, 3.8) is 0 Å². The summed E-state index contributed by atoms with van der Waals surface area (Å²) in [5.41, 5.74) is -0.870. The predicted octanol–water partition coefficient (Wildman–Crippen LogP) is 1.68. The molecule has 0 radical (unpaired) electrons. The van der Waals surface area contributed by atoms with E-state index in [9.17, 15) is 34.1 Å². The lowest BCUT2D eigenvalue weighted by Crippen LogP contribution is -2.65. The Kier molecular flexibility index (Phi) is 12.1. The van der Waals surface area contributed by atoms with E-state index < -0.39 is 71.8 Å². The molecule has 9 atom stereocenters. The standard InChI is InChI=1S/C25H38ClFN2O10S/c1-12(26)17(21-19(31)18(30)20(32)23(39-21)40-3)28-22(33)15-7-6-14(5-4-9-27)8-10-29(15)24(34)36-11-16-13(2)37-25(35)38-16/h12,14-15,17-21,23,30-32H,4-11H2,1-3H3,(H,28,33)/t12-,14-,15?,17+,18-,19+,20+,21+,23+/m0/s1. The molecular formula is C25H38ClFN2O10S. The SMILES string of the molecule is CS[C@H]1O[C@H]([C@H](NC(=O)C2CC[C@H](CCCF)CCN2C(=O)OCc2oc(=O)oc2C)[C@H](C)Cl)[C@H](O)[C@H](O)[C@H]1O. The van der Waals surface area contributed by atoms with Gasteiger partial charge in [0.1, 0.15) is 35.9 Å². The van der Waals surface area contributed by atoms with E-state index in [1.807, 2.05) is 0 Å². The second-order valence-corrected chi connectivity index (χ2v) is 11.8. The minimum atomic E-state index is -1.54. The molecule has 12 nitrogen and oxygen atoms in total. The topological polar surface area (TPSA) is 172 Å². The first-order valence-corrected chi connectivity index (χ1v) is 15.0. The molecule has 15 heteroatoms. The normalized spacial score (nSPS) is 30.8. The summed E-state index contributed by atoms with van der Waals surface area (Å²) in [6, 6.07) is -1.99. The fourth-order valence-electron chi connectivity index (χ4n) is 5.12. The van der Waals surface area contributed by atoms with E-state index in [1.54, 1.807) is 13.2 Å². The second kappa shape index (κ2) is 14.9. The number of ether oxygens (including phenoxy) is 2. The molecule has 3 heterocycles. The van der Waals surface area contributed by atoms with Gasteiger partial charge in [0.25, 0.3) is 0 Å². The molecular weight excluding hydrogens is 575 g/mol. The minimum Gasteiger partial charge on any atom is -0.441 e. The lowest BCUT2D eigenvalue weighted by atomic mass is 9.92. The van der Waals surface area contributed by atoms with Gasteiger partial charge in [-0.05, 0) is 58.1 Å². The molecule has 0 aromatic carbocycles. The number of alkyl halides is 2. The van der Waals surface area contributed by atoms with Crippen molar-refractivity contribution in [2.45, 2.75) is 99.9 Å². The molecule has 40 heavy (non-hydrogen) atoms. The number of aryl methyl sites for hydroxylation is 1. The fourth-order valence-corrected chi connectivity index (χ4v) is 6.00. The number of halogens is 2. The van der Waals surface area contributed by atoms with E-state index in [0.29, 0.717) is 25.7 Å². The lowest BCUT2D eigenvalue weighted by Gasteiger charge is -2.44. The summed E-state index contributed by atoms with van der Waals surface area (Å²) in [5.74, 6) is -1.22. The number of hydrogen-bond donors (Lipinski definition) is 4. The van der Waals surface area contributed by atoms with E-state index >= 15 is 0 Å². The van der Waals surface area contributed by atoms with Gasteiger partial charge in [0.2, 0.25) is 5.91 Å². The molecule has 2 saturated heterocycles. The summed E-state index contributed by atoms with van der Waals surface area (Å²) in [4.78, 5) is 39.4. The highest BCUT2D eigenvalue weighted by molar-refractivity contribution is 7.99. The first-order chi connectivity index (χ1) is 19.0. The number of nitrogens with zero attached hydrogens (tertiary/aromatic N) is 1. The van der Waals surface area contributed by atoms with Crippen LogP contribution in [0, 0.1) is 12.8 Å². The Bertz CT molecular complexity index is 1040. The molecule has 0 saturated carbocycles. The van der Waals surface area contributed by atoms with Crippen molar-refractivity contribution in [1.29, 1.82) is 0 Å². The van der Waals surface area contributed by atoms with E-state index in [1.165, 1.54) is 11.8 Å². The number of rotatable bonds is 10. The third-order valence-electron chi connectivity index (χ3n) is 7.44. The molecule has 228 valence electrons. The molecule has 3 rings (SSSR count). The van der Waals surface area contributed by atoms with Crippen LogP contribution in [0.25, 0.3) is 0 Å². The maximum Gasteiger partial charge on any atom is 0.519 e. The Morgan fingerprint density at radius 2 is 1.93 bits per heavy atom. The summed E-state index contributed by atoms with van der Waals surface area (Å²) in [6.45, 7) is 2.38. The molecule has 0 spiro atoms. The van der Waals surface area contributed by atoms with Crippen molar-refractivity contribution in [2.75, 3.05) is 19.5 Å². The molecule has 2 aliphatic rings. The molecule has 2 fully saturated rings. The van der Waals surface area contributed by atoms with Crippen LogP contribution in [-0.2, 0) is 20.9 Å². The van der Waals surface area contributed by atoms with Gasteiger partial charge < -0.3 is 38.9 Å². The number of likely N-dealkylation sites (tertiary alicyclic amines) is 1. The van der Waals surface area contributed by atoms with Crippen LogP contribution < -0.4 is 11.1 Å². The first-order valence-electron chi connectivity index (χ1n) is 13.2. The van der Waals surface area contributed by atoms with E-state index in [2.05, 4.69) is 5.32 Å². The number of carbonyl (C=O) groups is 2. The maximum atomic E-state index is 13.7. The minimum absolute atomic E-state index is 0.0403. The van der Waals surface area contributed by atoms with Gasteiger partial charge in [-0.25, -0.2) is 9.59 Å². The van der Waals surface area contributed by atoms with Crippen LogP contribution >= 0.6 is 23.4 Å². The Morgan fingerprint density at radius 1 is 1.20 bits per heavy atom. The molecule has 2 amide bonds. The zero-order valence-electron chi connectivity index (χ0n) is 22.7. The molecule has 0 bridgehead atoms. The van der Waals surface area contributed by atoms with Crippen LogP contribution in [0.1, 0.15) is 50.5 Å². The zero-order valence-corrected chi connectivity index (χ0v) is 24.2. The Hall–Kier alpha value is -1.84. The van der Waals surface area contributed by atoms with Crippen LogP contribution in [0.4, 0.5) is 9.18 Å². The third kappa shape index (κ3) is 7.91. The first kappa shape index (κ1) is 32.7. The maximum absolute atomic E-state index is 13.7. The van der Waals surface area contributed by atoms with Crippen molar-refractivity contribution in [2.24, 2.45) is 5.92 Å². The Morgan fingerprint density at radius 3 is 2.52 bits per heavy atom. The van der Waals surface area contributed by atoms with Gasteiger partial charge in [0.15, 0.2) is 18.1 Å². The Balaban J connectivity index is 1.79. The monoisotopic (exact) mass is 612 g/mol. The number of hydrogen-bond acceptors (Lipinski definition) is 11. The number of amides is 2. The highest BCUT2D eigenvalue weighted by atomic mass is 35.5. The number of thioether (sulfide) groups is 1. The van der Waals surface area contributed by atoms with E-state index in [4.69, 9.17) is 29.9 Å². The quantitative estimate of drug-likeness (QED) is 0.283. The average molecular weight is 613 g/mol. The predicted molar refractivity (Wildman–Crippen MR) is 143 cm³/mol. The molecule has 1 aromatic heterocycles. The van der Waals surface area contributed by atoms with Crippen LogP contribution in [0.3, 0.4) is 0 Å². The molecule has 0 aliphatic carbocycles. The van der Waals surface area contributed by atoms with Gasteiger partial charge in [-0.2, -0.15) is 0 Å². The van der Waals surface area contributed by atoms with Gasteiger partial charge >= 0.3 is 11.9 Å². The van der Waals surface area contributed by atoms with Crippen LogP contribution in [0.2, 0.25) is 0 Å². The third-order valence-corrected chi connectivity index (χ3v) is 8.57. The van der Waals surface area contributed by atoms with Crippen molar-refractivity contribution in [3.05, 3.63) is 22.1 Å². The fraction of sp³-hybridized carbons (Fsp3) is 0.800. The number of aliphatic hydroxyl groups is 3. The summed E-state index contributed by atoms with van der Waals surface area (Å²) in [6.07, 6.45) is -2.41. The van der Waals surface area contributed by atoms with Crippen molar-refractivity contribution in [1.82, 2.24) is 10.2 Å². The van der Waals surface area contributed by atoms with Crippen molar-refractivity contribution in [3.8, 4) is 0 Å². The highest BCUT2D eigenvalue weighted by Gasteiger charge is 2.48. The van der Waals surface area contributed by atoms with Crippen LogP contribution in [-0.4, -0.2) is 99.0 Å². The molecule has 2 aliphatic heterocycles. The summed E-state index contributed by atoms with van der Waals surface area (Å²) >= 11 is 7.53. The number of nitrogens with one attached hydrogen (secondary N) is 1. The van der Waals surface area contributed by atoms with Crippen LogP contribution in [0.5, 0.6) is 0 Å². The summed E-state index contributed by atoms with van der Waals surface area (Å²) in [7, 11) is 0. The zero-order chi connectivity index (χ0) is 29.6. The van der Waals surface area contributed by atoms with Crippen LogP contribution in [0.15, 0.2) is 13.6 Å². The average Bonchev–Trinajstić information content (AvgIpc) is 3.10. The van der Waals surface area contributed by atoms with Gasteiger partial charge in [-0.1, -0.05) is 0 Å². The van der Waals surface area contributed by atoms with Gasteiger partial charge in [0.05, 0.1) is 18.1 Å². The number of carbonyl (C=O) groups excluding carboxylic acids is 2. The summed E-state index contributed by atoms with van der Waals surface area (Å²) < 4.78 is 33.7. The number of aliphatic hydroxyl groups excluding tert-OH is 3. The van der Waals surface area contributed by atoms with Crippen molar-refractivity contribution < 1.29 is 47.6 Å². The second-order valence-electron chi connectivity index (χ2n) is 10.1. The Labute approximate surface area is 240 Å². The largest absolute Gasteiger partial charge is 0.519 e.